The first kappa shape index (κ1) is 9.95. The molecular weight excluding hydrogens is 172 g/mol. The zero-order valence-corrected chi connectivity index (χ0v) is 8.82. The first-order valence-electron chi connectivity index (χ1n) is 6.04. The van der Waals surface area contributed by atoms with E-state index in [0.29, 0.717) is 5.92 Å². The lowest BCUT2D eigenvalue weighted by atomic mass is 9.71. The topological polar surface area (TPSA) is 17.1 Å². The fraction of sp³-hybridized carbons (Fsp3) is 0.769. The third-order valence-electron chi connectivity index (χ3n) is 3.93. The molecular formula is C13H20O. The standard InChI is InChI=1S/C13H20O/c14-10-12-8-4-5-9-13(12)11-6-2-1-3-7-11/h4,8,10-13H,1-3,5-7,9H2. The Morgan fingerprint density at radius 3 is 2.57 bits per heavy atom. The highest BCUT2D eigenvalue weighted by atomic mass is 16.1. The zero-order valence-electron chi connectivity index (χ0n) is 8.82. The van der Waals surface area contributed by atoms with Crippen LogP contribution in [-0.2, 0) is 4.79 Å². The summed E-state index contributed by atoms with van der Waals surface area (Å²) in [6.45, 7) is 0. The average molecular weight is 192 g/mol. The Labute approximate surface area is 86.6 Å². The second-order valence-corrected chi connectivity index (χ2v) is 4.78. The summed E-state index contributed by atoms with van der Waals surface area (Å²) in [4.78, 5) is 11.0. The van der Waals surface area contributed by atoms with E-state index in [4.69, 9.17) is 0 Å². The van der Waals surface area contributed by atoms with Gasteiger partial charge in [-0.3, -0.25) is 0 Å². The molecule has 2 unspecified atom stereocenters. The molecule has 78 valence electrons. The molecule has 2 aliphatic rings. The van der Waals surface area contributed by atoms with Gasteiger partial charge in [-0.1, -0.05) is 44.3 Å². The maximum Gasteiger partial charge on any atom is 0.127 e. The summed E-state index contributed by atoms with van der Waals surface area (Å²) in [6.07, 6.45) is 14.8. The highest BCUT2D eigenvalue weighted by Crippen LogP contribution is 2.38. The summed E-state index contributed by atoms with van der Waals surface area (Å²) in [7, 11) is 0. The van der Waals surface area contributed by atoms with Crippen LogP contribution in [-0.4, -0.2) is 6.29 Å². The molecule has 0 aromatic carbocycles. The minimum atomic E-state index is 0.229. The van der Waals surface area contributed by atoms with Crippen molar-refractivity contribution in [1.29, 1.82) is 0 Å². The molecule has 0 aromatic heterocycles. The van der Waals surface area contributed by atoms with Crippen LogP contribution in [0.4, 0.5) is 0 Å². The SMILES string of the molecule is O=CC1C=CCCC1C1CCCCC1. The van der Waals surface area contributed by atoms with Crippen molar-refractivity contribution in [2.24, 2.45) is 17.8 Å². The van der Waals surface area contributed by atoms with Gasteiger partial charge in [0.15, 0.2) is 0 Å². The number of carbonyl (C=O) groups excluding carboxylic acids is 1. The first-order valence-corrected chi connectivity index (χ1v) is 6.04. The summed E-state index contributed by atoms with van der Waals surface area (Å²) in [5, 5.41) is 0. The van der Waals surface area contributed by atoms with E-state index < -0.39 is 0 Å². The van der Waals surface area contributed by atoms with Gasteiger partial charge < -0.3 is 4.79 Å². The Bertz CT molecular complexity index is 213. The molecule has 0 aromatic rings. The first-order chi connectivity index (χ1) is 6.92. The Morgan fingerprint density at radius 1 is 1.07 bits per heavy atom. The smallest absolute Gasteiger partial charge is 0.127 e. The summed E-state index contributed by atoms with van der Waals surface area (Å²) >= 11 is 0. The fourth-order valence-corrected chi connectivity index (χ4v) is 3.14. The number of hydrogen-bond donors (Lipinski definition) is 0. The molecule has 2 atom stereocenters. The van der Waals surface area contributed by atoms with Crippen molar-refractivity contribution in [2.45, 2.75) is 44.9 Å². The van der Waals surface area contributed by atoms with Crippen molar-refractivity contribution in [3.63, 3.8) is 0 Å². The number of carbonyl (C=O) groups is 1. The van der Waals surface area contributed by atoms with Gasteiger partial charge in [-0.15, -0.1) is 0 Å². The van der Waals surface area contributed by atoms with Gasteiger partial charge in [0.1, 0.15) is 6.29 Å². The molecule has 0 radical (unpaired) electrons. The molecule has 1 nitrogen and oxygen atoms in total. The molecule has 0 saturated heterocycles. The van der Waals surface area contributed by atoms with Crippen LogP contribution >= 0.6 is 0 Å². The Balaban J connectivity index is 1.99. The highest BCUT2D eigenvalue weighted by molar-refractivity contribution is 5.57. The third kappa shape index (κ3) is 2.08. The summed E-state index contributed by atoms with van der Waals surface area (Å²) in [5.41, 5.74) is 0. The molecule has 2 rings (SSSR count). The molecule has 1 heteroatoms. The monoisotopic (exact) mass is 192 g/mol. The van der Waals surface area contributed by atoms with Crippen LogP contribution in [0.15, 0.2) is 12.2 Å². The van der Waals surface area contributed by atoms with E-state index in [9.17, 15) is 4.79 Å². The van der Waals surface area contributed by atoms with Gasteiger partial charge in [0.2, 0.25) is 0 Å². The molecule has 0 heterocycles. The minimum absolute atomic E-state index is 0.229. The molecule has 2 aliphatic carbocycles. The molecule has 1 fully saturated rings. The second kappa shape index (κ2) is 4.77. The van der Waals surface area contributed by atoms with Crippen LogP contribution in [0.2, 0.25) is 0 Å². The highest BCUT2D eigenvalue weighted by Gasteiger charge is 2.29. The van der Waals surface area contributed by atoms with Crippen molar-refractivity contribution in [2.75, 3.05) is 0 Å². The number of rotatable bonds is 2. The van der Waals surface area contributed by atoms with E-state index in [1.807, 2.05) is 0 Å². The maximum absolute atomic E-state index is 11.0. The van der Waals surface area contributed by atoms with E-state index in [0.717, 1.165) is 12.2 Å². The van der Waals surface area contributed by atoms with E-state index >= 15 is 0 Å². The van der Waals surface area contributed by atoms with Gasteiger partial charge in [0.05, 0.1) is 0 Å². The molecule has 0 amide bonds. The summed E-state index contributed by atoms with van der Waals surface area (Å²) in [5.74, 6) is 1.73. The summed E-state index contributed by atoms with van der Waals surface area (Å²) < 4.78 is 0. The van der Waals surface area contributed by atoms with Crippen LogP contribution < -0.4 is 0 Å². The molecule has 14 heavy (non-hydrogen) atoms. The van der Waals surface area contributed by atoms with E-state index in [2.05, 4.69) is 12.2 Å². The minimum Gasteiger partial charge on any atom is -0.303 e. The molecule has 0 spiro atoms. The molecule has 0 bridgehead atoms. The van der Waals surface area contributed by atoms with Crippen LogP contribution in [0.5, 0.6) is 0 Å². The van der Waals surface area contributed by atoms with Gasteiger partial charge in [0.25, 0.3) is 0 Å². The molecule has 0 N–H and O–H groups in total. The predicted molar refractivity (Wildman–Crippen MR) is 58.0 cm³/mol. The normalized spacial score (nSPS) is 34.3. The fourth-order valence-electron chi connectivity index (χ4n) is 3.14. The quantitative estimate of drug-likeness (QED) is 0.484. The Morgan fingerprint density at radius 2 is 1.86 bits per heavy atom. The lowest BCUT2D eigenvalue weighted by molar-refractivity contribution is -0.112. The largest absolute Gasteiger partial charge is 0.303 e. The lowest BCUT2D eigenvalue weighted by Crippen LogP contribution is -2.27. The Hall–Kier alpha value is -0.590. The van der Waals surface area contributed by atoms with Gasteiger partial charge in [-0.2, -0.15) is 0 Å². The lowest BCUT2D eigenvalue weighted by Gasteiger charge is -2.34. The van der Waals surface area contributed by atoms with Gasteiger partial charge >= 0.3 is 0 Å². The predicted octanol–water partition coefficient (Wildman–Crippen LogP) is 3.35. The second-order valence-electron chi connectivity index (χ2n) is 4.78. The van der Waals surface area contributed by atoms with E-state index in [-0.39, 0.29) is 5.92 Å². The van der Waals surface area contributed by atoms with Crippen molar-refractivity contribution in [1.82, 2.24) is 0 Å². The number of allylic oxidation sites excluding steroid dienone is 2. The van der Waals surface area contributed by atoms with E-state index in [1.165, 1.54) is 44.9 Å². The zero-order chi connectivity index (χ0) is 9.80. The molecule has 1 saturated carbocycles. The van der Waals surface area contributed by atoms with Crippen molar-refractivity contribution < 1.29 is 4.79 Å². The van der Waals surface area contributed by atoms with Crippen LogP contribution in [0.25, 0.3) is 0 Å². The van der Waals surface area contributed by atoms with Crippen LogP contribution in [0.3, 0.4) is 0 Å². The summed E-state index contributed by atoms with van der Waals surface area (Å²) in [6, 6.07) is 0. The Kier molecular flexibility index (Phi) is 3.39. The van der Waals surface area contributed by atoms with E-state index in [1.54, 1.807) is 0 Å². The number of aldehydes is 1. The number of hydrogen-bond acceptors (Lipinski definition) is 1. The van der Waals surface area contributed by atoms with Crippen molar-refractivity contribution in [3.8, 4) is 0 Å². The van der Waals surface area contributed by atoms with Gasteiger partial charge in [0, 0.05) is 5.92 Å². The van der Waals surface area contributed by atoms with Crippen LogP contribution in [0.1, 0.15) is 44.9 Å². The third-order valence-corrected chi connectivity index (χ3v) is 3.93. The van der Waals surface area contributed by atoms with Gasteiger partial charge in [-0.25, -0.2) is 0 Å². The average Bonchev–Trinajstić information content (AvgIpc) is 2.30. The van der Waals surface area contributed by atoms with Crippen molar-refractivity contribution in [3.05, 3.63) is 12.2 Å². The van der Waals surface area contributed by atoms with Crippen LogP contribution in [0, 0.1) is 17.8 Å². The maximum atomic E-state index is 11.0. The van der Waals surface area contributed by atoms with Gasteiger partial charge in [-0.05, 0) is 24.7 Å². The van der Waals surface area contributed by atoms with Crippen molar-refractivity contribution >= 4 is 6.29 Å². The molecule has 0 aliphatic heterocycles.